The molecule has 0 bridgehead atoms. The number of anilines is 1. The molecule has 2 heterocycles. The molecule has 116 valence electrons. The van der Waals surface area contributed by atoms with Gasteiger partial charge < -0.3 is 15.8 Å². The Kier molecular flexibility index (Phi) is 4.63. The van der Waals surface area contributed by atoms with Crippen LogP contribution in [0.25, 0.3) is 5.52 Å². The van der Waals surface area contributed by atoms with E-state index in [2.05, 4.69) is 15.4 Å². The van der Waals surface area contributed by atoms with Crippen LogP contribution >= 0.6 is 0 Å². The van der Waals surface area contributed by atoms with Crippen molar-refractivity contribution >= 4 is 11.3 Å². The Morgan fingerprint density at radius 2 is 2.24 bits per heavy atom. The van der Waals surface area contributed by atoms with Gasteiger partial charge in [0.05, 0.1) is 6.61 Å². The number of nitrogens with zero attached hydrogens (tertiary/aromatic N) is 3. The van der Waals surface area contributed by atoms with E-state index in [9.17, 15) is 13.2 Å². The molecule has 1 unspecified atom stereocenters. The number of alkyl halides is 3. The van der Waals surface area contributed by atoms with Crippen molar-refractivity contribution in [3.8, 4) is 0 Å². The monoisotopic (exact) mass is 303 g/mol. The van der Waals surface area contributed by atoms with Crippen LogP contribution in [0.2, 0.25) is 0 Å². The third-order valence-electron chi connectivity index (χ3n) is 2.87. The molecule has 0 radical (unpaired) electrons. The van der Waals surface area contributed by atoms with Crippen LogP contribution in [0.5, 0.6) is 0 Å². The molecule has 0 aliphatic rings. The van der Waals surface area contributed by atoms with Crippen LogP contribution in [0.4, 0.5) is 19.0 Å². The number of fused-ring (bicyclic) bond motifs is 1. The number of hydrogen-bond acceptors (Lipinski definition) is 5. The predicted octanol–water partition coefficient (Wildman–Crippen LogP) is 1.52. The van der Waals surface area contributed by atoms with Crippen molar-refractivity contribution in [2.75, 3.05) is 25.6 Å². The molecule has 0 saturated heterocycles. The lowest BCUT2D eigenvalue weighted by Crippen LogP contribution is -2.28. The molecule has 0 aliphatic heterocycles. The van der Waals surface area contributed by atoms with Gasteiger partial charge in [-0.15, -0.1) is 0 Å². The van der Waals surface area contributed by atoms with E-state index in [4.69, 9.17) is 10.5 Å². The summed E-state index contributed by atoms with van der Waals surface area (Å²) >= 11 is 0. The average molecular weight is 303 g/mol. The minimum absolute atomic E-state index is 0.141. The van der Waals surface area contributed by atoms with Crippen molar-refractivity contribution in [2.24, 2.45) is 5.73 Å². The zero-order chi connectivity index (χ0) is 15.5. The maximum Gasteiger partial charge on any atom is 0.435 e. The number of halogens is 3. The lowest BCUT2D eigenvalue weighted by molar-refractivity contribution is -0.141. The van der Waals surface area contributed by atoms with E-state index < -0.39 is 11.9 Å². The van der Waals surface area contributed by atoms with Crippen LogP contribution in [-0.2, 0) is 10.9 Å². The highest BCUT2D eigenvalue weighted by Gasteiger charge is 2.34. The lowest BCUT2D eigenvalue weighted by atomic mass is 10.2. The molecule has 2 aromatic heterocycles. The summed E-state index contributed by atoms with van der Waals surface area (Å²) in [7, 11) is 1.56. The van der Waals surface area contributed by atoms with Gasteiger partial charge in [-0.1, -0.05) is 0 Å². The van der Waals surface area contributed by atoms with Gasteiger partial charge in [-0.3, -0.25) is 0 Å². The molecular formula is C12H16F3N5O. The topological polar surface area (TPSA) is 77.5 Å². The fourth-order valence-electron chi connectivity index (χ4n) is 1.87. The van der Waals surface area contributed by atoms with Crippen molar-refractivity contribution < 1.29 is 17.9 Å². The van der Waals surface area contributed by atoms with E-state index in [0.717, 1.165) is 10.6 Å². The predicted molar refractivity (Wildman–Crippen MR) is 70.9 cm³/mol. The molecule has 2 rings (SSSR count). The second kappa shape index (κ2) is 6.27. The Hall–Kier alpha value is -1.87. The van der Waals surface area contributed by atoms with E-state index >= 15 is 0 Å². The average Bonchev–Trinajstić information content (AvgIpc) is 2.84. The highest BCUT2D eigenvalue weighted by Crippen LogP contribution is 2.29. The molecule has 0 saturated carbocycles. The molecule has 3 N–H and O–H groups in total. The molecule has 0 fully saturated rings. The molecule has 0 aliphatic carbocycles. The summed E-state index contributed by atoms with van der Waals surface area (Å²) in [4.78, 5) is 4.03. The van der Waals surface area contributed by atoms with Crippen LogP contribution < -0.4 is 11.1 Å². The first kappa shape index (κ1) is 15.5. The minimum Gasteiger partial charge on any atom is -0.383 e. The molecule has 2 aromatic rings. The van der Waals surface area contributed by atoms with Crippen LogP contribution in [0.1, 0.15) is 12.1 Å². The Balaban J connectivity index is 2.11. The smallest absolute Gasteiger partial charge is 0.383 e. The van der Waals surface area contributed by atoms with E-state index in [1.807, 2.05) is 0 Å². The second-order valence-corrected chi connectivity index (χ2v) is 4.56. The van der Waals surface area contributed by atoms with Crippen molar-refractivity contribution in [1.29, 1.82) is 0 Å². The third-order valence-corrected chi connectivity index (χ3v) is 2.87. The highest BCUT2D eigenvalue weighted by atomic mass is 19.4. The molecule has 21 heavy (non-hydrogen) atoms. The summed E-state index contributed by atoms with van der Waals surface area (Å²) in [6.45, 7) is 0.897. The fourth-order valence-corrected chi connectivity index (χ4v) is 1.87. The number of nitrogens with one attached hydrogen (secondary N) is 1. The number of ether oxygens (including phenoxy) is 1. The van der Waals surface area contributed by atoms with E-state index in [-0.39, 0.29) is 11.6 Å². The number of nitrogens with two attached hydrogens (primary N) is 1. The van der Waals surface area contributed by atoms with Gasteiger partial charge in [-0.25, -0.2) is 9.50 Å². The summed E-state index contributed by atoms with van der Waals surface area (Å²) in [6.07, 6.45) is -1.12. The lowest BCUT2D eigenvalue weighted by Gasteiger charge is -2.11. The number of methoxy groups -OCH3 is 1. The van der Waals surface area contributed by atoms with Crippen LogP contribution in [0.3, 0.4) is 0 Å². The quantitative estimate of drug-likeness (QED) is 0.846. The first-order valence-corrected chi connectivity index (χ1v) is 6.32. The summed E-state index contributed by atoms with van der Waals surface area (Å²) in [6, 6.07) is 0.822. The summed E-state index contributed by atoms with van der Waals surface area (Å²) in [5.41, 5.74) is 5.09. The largest absolute Gasteiger partial charge is 0.435 e. The van der Waals surface area contributed by atoms with E-state index in [0.29, 0.717) is 25.4 Å². The van der Waals surface area contributed by atoms with E-state index in [1.54, 1.807) is 7.11 Å². The normalized spacial score (nSPS) is 13.6. The molecule has 0 aromatic carbocycles. The van der Waals surface area contributed by atoms with Crippen molar-refractivity contribution in [3.63, 3.8) is 0 Å². The van der Waals surface area contributed by atoms with Gasteiger partial charge in [0.1, 0.15) is 5.52 Å². The van der Waals surface area contributed by atoms with Gasteiger partial charge in [-0.05, 0) is 6.42 Å². The van der Waals surface area contributed by atoms with Gasteiger partial charge >= 0.3 is 6.18 Å². The zero-order valence-electron chi connectivity index (χ0n) is 11.4. The number of hydrogen-bond donors (Lipinski definition) is 2. The Labute approximate surface area is 119 Å². The molecule has 0 spiro atoms. The van der Waals surface area contributed by atoms with Crippen LogP contribution in [0.15, 0.2) is 18.5 Å². The first-order valence-electron chi connectivity index (χ1n) is 6.32. The Morgan fingerprint density at radius 3 is 2.90 bits per heavy atom. The standard InChI is InChI=1S/C12H16F3N5O/c1-21-7-8(16)2-3-17-11-9-6-10(12(13,14)15)19-20(9)5-4-18-11/h4-6,8H,2-3,7,16H2,1H3,(H,17,18). The third kappa shape index (κ3) is 3.82. The number of aromatic nitrogens is 3. The second-order valence-electron chi connectivity index (χ2n) is 4.56. The molecule has 9 heteroatoms. The minimum atomic E-state index is -4.48. The molecule has 1 atom stereocenters. The van der Waals surface area contributed by atoms with Crippen LogP contribution in [-0.4, -0.2) is 40.9 Å². The van der Waals surface area contributed by atoms with Gasteiger partial charge in [0.15, 0.2) is 11.5 Å². The fraction of sp³-hybridized carbons (Fsp3) is 0.500. The first-order chi connectivity index (χ1) is 9.91. The summed E-state index contributed by atoms with van der Waals surface area (Å²) < 4.78 is 44.0. The molecular weight excluding hydrogens is 287 g/mol. The van der Waals surface area contributed by atoms with Gasteiger partial charge in [0.2, 0.25) is 0 Å². The van der Waals surface area contributed by atoms with Gasteiger partial charge in [0.25, 0.3) is 0 Å². The SMILES string of the molecule is COCC(N)CCNc1nccn2nc(C(F)(F)F)cc12. The Morgan fingerprint density at radius 1 is 1.48 bits per heavy atom. The van der Waals surface area contributed by atoms with Crippen molar-refractivity contribution in [2.45, 2.75) is 18.6 Å². The van der Waals surface area contributed by atoms with Crippen molar-refractivity contribution in [1.82, 2.24) is 14.6 Å². The summed E-state index contributed by atoms with van der Waals surface area (Å²) in [5, 5.41) is 6.45. The van der Waals surface area contributed by atoms with Gasteiger partial charge in [0, 0.05) is 38.2 Å². The highest BCUT2D eigenvalue weighted by molar-refractivity contribution is 5.67. The zero-order valence-corrected chi connectivity index (χ0v) is 11.4. The van der Waals surface area contributed by atoms with E-state index in [1.165, 1.54) is 12.4 Å². The maximum absolute atomic E-state index is 12.7. The number of rotatable bonds is 6. The molecule has 0 amide bonds. The van der Waals surface area contributed by atoms with Crippen molar-refractivity contribution in [3.05, 3.63) is 24.2 Å². The van der Waals surface area contributed by atoms with Crippen LogP contribution in [0, 0.1) is 0 Å². The summed E-state index contributed by atoms with van der Waals surface area (Å²) in [5.74, 6) is 0.338. The molecule has 6 nitrogen and oxygen atoms in total. The van der Waals surface area contributed by atoms with Gasteiger partial charge in [-0.2, -0.15) is 18.3 Å². The Bertz CT molecular complexity index is 598. The maximum atomic E-state index is 12.7.